The van der Waals surface area contributed by atoms with Gasteiger partial charge in [0.25, 0.3) is 0 Å². The molecule has 0 bridgehead atoms. The van der Waals surface area contributed by atoms with Gasteiger partial charge in [0.15, 0.2) is 0 Å². The van der Waals surface area contributed by atoms with Gasteiger partial charge in [-0.05, 0) is 52.8 Å². The number of nitrogens with zero attached hydrogens (tertiary/aromatic N) is 1. The molecule has 30 heavy (non-hydrogen) atoms. The molecular formula is C22H22FN3O3S. The van der Waals surface area contributed by atoms with Gasteiger partial charge in [-0.3, -0.25) is 0 Å². The number of aliphatic hydroxyl groups excluding tert-OH is 1. The fourth-order valence-corrected chi connectivity index (χ4v) is 4.13. The van der Waals surface area contributed by atoms with E-state index in [2.05, 4.69) is 15.0 Å². The number of β-amino-alcohol motifs (C(OH)–C–C–N with tert-alkyl or cyclic N) is 1. The zero-order valence-corrected chi connectivity index (χ0v) is 16.9. The SMILES string of the molecule is O=C(NCc1cccc(F)c1)O[C@@H]1[C@@H](O)CN[C@@H]1Cc1ccc(-c2ccns2)cc1. The minimum absolute atomic E-state index is 0.149. The highest BCUT2D eigenvalue weighted by Gasteiger charge is 2.37. The second-order valence-corrected chi connectivity index (χ2v) is 8.05. The summed E-state index contributed by atoms with van der Waals surface area (Å²) in [6.45, 7) is 0.502. The van der Waals surface area contributed by atoms with E-state index in [1.165, 1.54) is 23.7 Å². The molecule has 156 valence electrons. The number of halogens is 1. The summed E-state index contributed by atoms with van der Waals surface area (Å²) in [5, 5.41) is 16.1. The molecular weight excluding hydrogens is 405 g/mol. The van der Waals surface area contributed by atoms with E-state index in [1.807, 2.05) is 30.3 Å². The molecule has 0 saturated carbocycles. The lowest BCUT2D eigenvalue weighted by atomic mass is 10.0. The summed E-state index contributed by atoms with van der Waals surface area (Å²) >= 11 is 1.45. The molecule has 1 saturated heterocycles. The molecule has 3 N–H and O–H groups in total. The van der Waals surface area contributed by atoms with Crippen molar-refractivity contribution in [2.24, 2.45) is 0 Å². The van der Waals surface area contributed by atoms with Gasteiger partial charge in [0.05, 0.1) is 10.9 Å². The molecule has 1 aromatic heterocycles. The summed E-state index contributed by atoms with van der Waals surface area (Å²) in [5.74, 6) is -0.362. The molecule has 6 nitrogen and oxygen atoms in total. The maximum atomic E-state index is 13.2. The van der Waals surface area contributed by atoms with Crippen molar-refractivity contribution < 1.29 is 19.0 Å². The molecule has 4 rings (SSSR count). The number of hydrogen-bond donors (Lipinski definition) is 3. The van der Waals surface area contributed by atoms with Crippen LogP contribution in [-0.2, 0) is 17.7 Å². The highest BCUT2D eigenvalue weighted by molar-refractivity contribution is 7.09. The van der Waals surface area contributed by atoms with Gasteiger partial charge >= 0.3 is 6.09 Å². The van der Waals surface area contributed by atoms with Crippen molar-refractivity contribution in [2.75, 3.05) is 6.54 Å². The second kappa shape index (κ2) is 9.34. The van der Waals surface area contributed by atoms with Crippen LogP contribution in [0.3, 0.4) is 0 Å². The first-order valence-electron chi connectivity index (χ1n) is 9.69. The first-order valence-corrected chi connectivity index (χ1v) is 10.5. The zero-order chi connectivity index (χ0) is 20.9. The smallest absolute Gasteiger partial charge is 0.407 e. The van der Waals surface area contributed by atoms with Gasteiger partial charge in [0.1, 0.15) is 18.0 Å². The molecule has 0 aliphatic carbocycles. The van der Waals surface area contributed by atoms with E-state index in [9.17, 15) is 14.3 Å². The van der Waals surface area contributed by atoms with Crippen molar-refractivity contribution in [2.45, 2.75) is 31.2 Å². The second-order valence-electron chi connectivity index (χ2n) is 7.21. The molecule has 1 aliphatic heterocycles. The summed E-state index contributed by atoms with van der Waals surface area (Å²) in [5.41, 5.74) is 2.81. The first kappa shape index (κ1) is 20.5. The lowest BCUT2D eigenvalue weighted by molar-refractivity contribution is 0.0188. The summed E-state index contributed by atoms with van der Waals surface area (Å²) in [7, 11) is 0. The summed E-state index contributed by atoms with van der Waals surface area (Å²) in [6, 6.07) is 15.9. The maximum absolute atomic E-state index is 13.2. The van der Waals surface area contributed by atoms with Crippen molar-refractivity contribution in [3.05, 3.63) is 77.7 Å². The van der Waals surface area contributed by atoms with Crippen LogP contribution in [0.1, 0.15) is 11.1 Å². The molecule has 3 aromatic rings. The third kappa shape index (κ3) is 5.02. The minimum atomic E-state index is -0.786. The Labute approximate surface area is 177 Å². The van der Waals surface area contributed by atoms with Crippen molar-refractivity contribution in [3.63, 3.8) is 0 Å². The van der Waals surface area contributed by atoms with E-state index >= 15 is 0 Å². The molecule has 2 heterocycles. The standard InChI is InChI=1S/C22H22FN3O3S/c23-17-3-1-2-15(10-17)12-25-22(28)29-21-18(24-13-19(21)27)11-14-4-6-16(7-5-14)20-8-9-26-30-20/h1-10,18-19,21,24,27H,11-13H2,(H,25,28)/t18-,19+,21+/m1/s1. The Balaban J connectivity index is 1.33. The number of nitrogens with one attached hydrogen (secondary N) is 2. The lowest BCUT2D eigenvalue weighted by Crippen LogP contribution is -2.41. The largest absolute Gasteiger partial charge is 0.442 e. The number of ether oxygens (including phenoxy) is 1. The molecule has 1 fully saturated rings. The van der Waals surface area contributed by atoms with E-state index < -0.39 is 18.3 Å². The highest BCUT2D eigenvalue weighted by atomic mass is 32.1. The van der Waals surface area contributed by atoms with Gasteiger partial charge in [-0.15, -0.1) is 0 Å². The Bertz CT molecular complexity index is 982. The van der Waals surface area contributed by atoms with E-state index in [0.717, 1.165) is 16.0 Å². The normalized spacial score (nSPS) is 20.8. The van der Waals surface area contributed by atoms with E-state index in [4.69, 9.17) is 4.74 Å². The van der Waals surface area contributed by atoms with Gasteiger partial charge < -0.3 is 20.5 Å². The molecule has 2 aromatic carbocycles. The minimum Gasteiger partial charge on any atom is -0.442 e. The number of amides is 1. The van der Waals surface area contributed by atoms with Gasteiger partial charge in [-0.25, -0.2) is 13.6 Å². The van der Waals surface area contributed by atoms with Gasteiger partial charge in [-0.2, -0.15) is 0 Å². The number of hydrogen-bond acceptors (Lipinski definition) is 6. The van der Waals surface area contributed by atoms with E-state index in [0.29, 0.717) is 18.5 Å². The Morgan fingerprint density at radius 3 is 2.80 bits per heavy atom. The monoisotopic (exact) mass is 427 g/mol. The van der Waals surface area contributed by atoms with Crippen LogP contribution in [-0.4, -0.2) is 40.4 Å². The topological polar surface area (TPSA) is 83.5 Å². The summed E-state index contributed by atoms with van der Waals surface area (Å²) in [4.78, 5) is 13.3. The Morgan fingerprint density at radius 1 is 1.23 bits per heavy atom. The summed E-state index contributed by atoms with van der Waals surface area (Å²) < 4.78 is 22.8. The Kier molecular flexibility index (Phi) is 6.37. The average Bonchev–Trinajstić information content (AvgIpc) is 3.39. The van der Waals surface area contributed by atoms with Crippen LogP contribution >= 0.6 is 11.5 Å². The Hall–Kier alpha value is -2.81. The third-order valence-electron chi connectivity index (χ3n) is 5.07. The van der Waals surface area contributed by atoms with Crippen LogP contribution in [0.4, 0.5) is 9.18 Å². The predicted octanol–water partition coefficient (Wildman–Crippen LogP) is 3.12. The van der Waals surface area contributed by atoms with Crippen LogP contribution in [0.2, 0.25) is 0 Å². The lowest BCUT2D eigenvalue weighted by Gasteiger charge is -2.22. The molecule has 0 spiro atoms. The zero-order valence-electron chi connectivity index (χ0n) is 16.1. The predicted molar refractivity (Wildman–Crippen MR) is 113 cm³/mol. The Morgan fingerprint density at radius 2 is 2.07 bits per heavy atom. The molecule has 0 unspecified atom stereocenters. The number of benzene rings is 2. The molecule has 8 heteroatoms. The van der Waals surface area contributed by atoms with Crippen molar-refractivity contribution >= 4 is 17.6 Å². The fraction of sp³-hybridized carbons (Fsp3) is 0.273. The number of aliphatic hydroxyl groups is 1. The van der Waals surface area contributed by atoms with Crippen molar-refractivity contribution in [1.82, 2.24) is 15.0 Å². The van der Waals surface area contributed by atoms with Crippen LogP contribution in [0, 0.1) is 5.82 Å². The van der Waals surface area contributed by atoms with Crippen molar-refractivity contribution in [3.8, 4) is 10.4 Å². The average molecular weight is 428 g/mol. The highest BCUT2D eigenvalue weighted by Crippen LogP contribution is 2.24. The molecule has 1 aliphatic rings. The first-order chi connectivity index (χ1) is 14.6. The van der Waals surface area contributed by atoms with Gasteiger partial charge in [0, 0.05) is 19.3 Å². The van der Waals surface area contributed by atoms with E-state index in [-0.39, 0.29) is 18.4 Å². The molecule has 0 radical (unpaired) electrons. The van der Waals surface area contributed by atoms with Gasteiger partial charge in [0.2, 0.25) is 0 Å². The number of carbonyl (C=O) groups is 1. The number of carbonyl (C=O) groups excluding carboxylic acids is 1. The van der Waals surface area contributed by atoms with Crippen LogP contribution in [0.5, 0.6) is 0 Å². The quantitative estimate of drug-likeness (QED) is 0.563. The van der Waals surface area contributed by atoms with Crippen molar-refractivity contribution in [1.29, 1.82) is 0 Å². The maximum Gasteiger partial charge on any atom is 0.407 e. The molecule has 1 amide bonds. The number of alkyl carbamates (subject to hydrolysis) is 1. The van der Waals surface area contributed by atoms with E-state index in [1.54, 1.807) is 18.3 Å². The van der Waals surface area contributed by atoms with Crippen LogP contribution < -0.4 is 10.6 Å². The van der Waals surface area contributed by atoms with Crippen LogP contribution in [0.15, 0.2) is 60.8 Å². The molecule has 3 atom stereocenters. The fourth-order valence-electron chi connectivity index (χ4n) is 3.53. The third-order valence-corrected chi connectivity index (χ3v) is 5.86. The van der Waals surface area contributed by atoms with Gasteiger partial charge in [-0.1, -0.05) is 36.4 Å². The number of rotatable bonds is 6. The number of aromatic nitrogens is 1. The summed E-state index contributed by atoms with van der Waals surface area (Å²) in [6.07, 6.45) is 0.295. The van der Waals surface area contributed by atoms with Crippen LogP contribution in [0.25, 0.3) is 10.4 Å².